The van der Waals surface area contributed by atoms with E-state index < -0.39 is 0 Å². The first-order valence-electron chi connectivity index (χ1n) is 13.7. The Kier molecular flexibility index (Phi) is 5.80. The highest BCUT2D eigenvalue weighted by Crippen LogP contribution is 2.64. The van der Waals surface area contributed by atoms with E-state index in [-0.39, 0.29) is 5.41 Å². The second kappa shape index (κ2) is 8.82. The number of phenolic OH excluding ortho intramolecular Hbond substituents is 1. The minimum absolute atomic E-state index is 0.172. The summed E-state index contributed by atoms with van der Waals surface area (Å²) >= 11 is 0. The number of Topliss-reactive ketones (excluding diaryl/α,β-unsaturated/α-hetero) is 1. The monoisotopic (exact) mass is 457 g/mol. The van der Waals surface area contributed by atoms with Crippen LogP contribution < -0.4 is 0 Å². The molecule has 3 heteroatoms. The van der Waals surface area contributed by atoms with E-state index >= 15 is 0 Å². The second-order valence-electron chi connectivity index (χ2n) is 11.8. The third-order valence-electron chi connectivity index (χ3n) is 9.97. The summed E-state index contributed by atoms with van der Waals surface area (Å²) < 4.78 is 0. The third-order valence-corrected chi connectivity index (χ3v) is 9.97. The van der Waals surface area contributed by atoms with Crippen molar-refractivity contribution in [3.8, 4) is 5.75 Å². The molecule has 5 atom stereocenters. The molecule has 0 radical (unpaired) electrons. The van der Waals surface area contributed by atoms with Gasteiger partial charge >= 0.3 is 0 Å². The molecular weight excluding hydrogens is 418 g/mol. The average molecular weight is 458 g/mol. The van der Waals surface area contributed by atoms with E-state index in [1.54, 1.807) is 0 Å². The maximum atomic E-state index is 13.1. The molecule has 1 aliphatic heterocycles. The van der Waals surface area contributed by atoms with Gasteiger partial charge in [0.25, 0.3) is 0 Å². The summed E-state index contributed by atoms with van der Waals surface area (Å²) in [5, 5.41) is 10.1. The fourth-order valence-corrected chi connectivity index (χ4v) is 8.24. The summed E-state index contributed by atoms with van der Waals surface area (Å²) in [5.74, 6) is 2.77. The van der Waals surface area contributed by atoms with Crippen LogP contribution in [0.25, 0.3) is 0 Å². The molecule has 3 aliphatic carbocycles. The maximum absolute atomic E-state index is 13.1. The molecule has 2 aromatic rings. The quantitative estimate of drug-likeness (QED) is 0.578. The number of fused-ring (bicyclic) bond motifs is 5. The molecule has 2 aromatic carbocycles. The molecular formula is C31H39NO2. The van der Waals surface area contributed by atoms with Gasteiger partial charge in [-0.15, -0.1) is 0 Å². The van der Waals surface area contributed by atoms with Crippen LogP contribution in [-0.4, -0.2) is 35.4 Å². The molecule has 1 heterocycles. The number of carbonyl (C=O) groups is 1. The molecule has 0 aromatic heterocycles. The van der Waals surface area contributed by atoms with Crippen LogP contribution in [0.4, 0.5) is 0 Å². The van der Waals surface area contributed by atoms with Crippen molar-refractivity contribution >= 4 is 5.78 Å². The molecule has 3 nitrogen and oxygen atoms in total. The normalized spacial score (nSPS) is 32.9. The van der Waals surface area contributed by atoms with Crippen LogP contribution in [0.3, 0.4) is 0 Å². The number of likely N-dealkylation sites (tertiary alicyclic amines) is 1. The van der Waals surface area contributed by atoms with Gasteiger partial charge in [-0.2, -0.15) is 0 Å². The molecule has 0 unspecified atom stereocenters. The molecule has 0 bridgehead atoms. The molecule has 4 aliphatic rings. The van der Waals surface area contributed by atoms with Crippen molar-refractivity contribution in [2.75, 3.05) is 19.6 Å². The molecule has 180 valence electrons. The standard InChI is InChI=1S/C31H39NO2/c1-31-20-27(22-8-6-21(7-9-22)5-4-18-32-16-2-3-17-32)30-25-13-11-24(33)19-23(25)10-12-26(30)28(31)14-15-29(31)34/h6-9,11,13,19,26-28,30,33H,2-5,10,12,14-18,20H2,1H3/t26-,27+,28-,30+,31-/m0/s1. The minimum Gasteiger partial charge on any atom is -0.508 e. The van der Waals surface area contributed by atoms with E-state index in [1.807, 2.05) is 12.1 Å². The van der Waals surface area contributed by atoms with E-state index in [0.717, 1.165) is 38.5 Å². The van der Waals surface area contributed by atoms with E-state index in [1.165, 1.54) is 61.2 Å². The Balaban J connectivity index is 1.28. The van der Waals surface area contributed by atoms with E-state index in [0.29, 0.717) is 35.2 Å². The summed E-state index contributed by atoms with van der Waals surface area (Å²) in [5.41, 5.74) is 5.41. The number of benzene rings is 2. The first-order chi connectivity index (χ1) is 16.5. The third kappa shape index (κ3) is 3.81. The van der Waals surface area contributed by atoms with Crippen molar-refractivity contribution in [3.05, 3.63) is 64.7 Å². The topological polar surface area (TPSA) is 40.5 Å². The predicted octanol–water partition coefficient (Wildman–Crippen LogP) is 6.24. The molecule has 2 saturated carbocycles. The number of phenols is 1. The van der Waals surface area contributed by atoms with Gasteiger partial charge in [0.15, 0.2) is 0 Å². The van der Waals surface area contributed by atoms with Gasteiger partial charge in [0, 0.05) is 11.8 Å². The van der Waals surface area contributed by atoms with Crippen LogP contribution in [0.15, 0.2) is 42.5 Å². The number of hydrogen-bond acceptors (Lipinski definition) is 3. The molecule has 34 heavy (non-hydrogen) atoms. The van der Waals surface area contributed by atoms with Gasteiger partial charge in [-0.3, -0.25) is 4.79 Å². The van der Waals surface area contributed by atoms with Crippen molar-refractivity contribution < 1.29 is 9.90 Å². The summed E-state index contributed by atoms with van der Waals surface area (Å²) in [6.45, 7) is 6.05. The lowest BCUT2D eigenvalue weighted by atomic mass is 9.51. The fourth-order valence-electron chi connectivity index (χ4n) is 8.24. The Morgan fingerprint density at radius 1 is 1.03 bits per heavy atom. The number of aromatic hydroxyl groups is 1. The lowest BCUT2D eigenvalue weighted by Crippen LogP contribution is -2.46. The van der Waals surface area contributed by atoms with Crippen LogP contribution in [0, 0.1) is 17.3 Å². The van der Waals surface area contributed by atoms with Crippen molar-refractivity contribution in [3.63, 3.8) is 0 Å². The van der Waals surface area contributed by atoms with Crippen LogP contribution >= 0.6 is 0 Å². The number of aryl methyl sites for hydroxylation is 2. The van der Waals surface area contributed by atoms with Crippen molar-refractivity contribution in [2.24, 2.45) is 17.3 Å². The zero-order valence-electron chi connectivity index (χ0n) is 20.6. The van der Waals surface area contributed by atoms with Gasteiger partial charge < -0.3 is 10.0 Å². The summed E-state index contributed by atoms with van der Waals surface area (Å²) in [6, 6.07) is 15.5. The number of hydrogen-bond donors (Lipinski definition) is 1. The van der Waals surface area contributed by atoms with Crippen molar-refractivity contribution in [1.29, 1.82) is 0 Å². The fraction of sp³-hybridized carbons (Fsp3) is 0.581. The van der Waals surface area contributed by atoms with Crippen molar-refractivity contribution in [2.45, 2.75) is 76.5 Å². The Bertz CT molecular complexity index is 1050. The highest BCUT2D eigenvalue weighted by atomic mass is 16.3. The van der Waals surface area contributed by atoms with E-state index in [4.69, 9.17) is 0 Å². The maximum Gasteiger partial charge on any atom is 0.139 e. The van der Waals surface area contributed by atoms with Gasteiger partial charge in [0.2, 0.25) is 0 Å². The average Bonchev–Trinajstić information content (AvgIpc) is 3.46. The first kappa shape index (κ1) is 22.3. The number of ketones is 1. The van der Waals surface area contributed by atoms with Crippen molar-refractivity contribution in [1.82, 2.24) is 4.90 Å². The molecule has 1 saturated heterocycles. The van der Waals surface area contributed by atoms with Gasteiger partial charge in [-0.05, 0) is 129 Å². The smallest absolute Gasteiger partial charge is 0.139 e. The Morgan fingerprint density at radius 3 is 2.62 bits per heavy atom. The molecule has 0 amide bonds. The first-order valence-corrected chi connectivity index (χ1v) is 13.7. The molecule has 6 rings (SSSR count). The lowest BCUT2D eigenvalue weighted by Gasteiger charge is -2.52. The van der Waals surface area contributed by atoms with Gasteiger partial charge in [-0.1, -0.05) is 37.3 Å². The zero-order valence-corrected chi connectivity index (χ0v) is 20.6. The van der Waals surface area contributed by atoms with Crippen LogP contribution in [0.2, 0.25) is 0 Å². The Hall–Kier alpha value is -2.13. The lowest BCUT2D eigenvalue weighted by molar-refractivity contribution is -0.130. The summed E-state index contributed by atoms with van der Waals surface area (Å²) in [4.78, 5) is 15.7. The van der Waals surface area contributed by atoms with Crippen LogP contribution in [0.1, 0.15) is 86.0 Å². The summed E-state index contributed by atoms with van der Waals surface area (Å²) in [6.07, 6.45) is 10.1. The molecule has 0 spiro atoms. The number of carbonyl (C=O) groups excluding carboxylic acids is 1. The largest absolute Gasteiger partial charge is 0.508 e. The zero-order chi connectivity index (χ0) is 23.3. The highest BCUT2D eigenvalue weighted by molar-refractivity contribution is 5.87. The predicted molar refractivity (Wildman–Crippen MR) is 136 cm³/mol. The number of rotatable bonds is 5. The van der Waals surface area contributed by atoms with Gasteiger partial charge in [-0.25, -0.2) is 0 Å². The number of nitrogens with zero attached hydrogens (tertiary/aromatic N) is 1. The Labute approximate surface area is 204 Å². The molecule has 3 fully saturated rings. The minimum atomic E-state index is -0.172. The van der Waals surface area contributed by atoms with Crippen LogP contribution in [0.5, 0.6) is 5.75 Å². The molecule has 1 N–H and O–H groups in total. The van der Waals surface area contributed by atoms with E-state index in [2.05, 4.69) is 42.2 Å². The second-order valence-corrected chi connectivity index (χ2v) is 11.8. The Morgan fingerprint density at radius 2 is 1.82 bits per heavy atom. The summed E-state index contributed by atoms with van der Waals surface area (Å²) in [7, 11) is 0. The highest BCUT2D eigenvalue weighted by Gasteiger charge is 2.57. The van der Waals surface area contributed by atoms with Gasteiger partial charge in [0.05, 0.1) is 0 Å². The van der Waals surface area contributed by atoms with E-state index in [9.17, 15) is 9.90 Å². The van der Waals surface area contributed by atoms with Gasteiger partial charge in [0.1, 0.15) is 11.5 Å². The SMILES string of the molecule is C[C@]12C[C@H](c3ccc(CCCN4CCCC4)cc3)[C@@H]3c4ccc(O)cc4CC[C@H]3[C@@H]1CCC2=O. The van der Waals surface area contributed by atoms with Crippen LogP contribution in [-0.2, 0) is 17.6 Å².